The lowest BCUT2D eigenvalue weighted by Gasteiger charge is -2.30. The van der Waals surface area contributed by atoms with Crippen molar-refractivity contribution >= 4 is 12.1 Å². The molecule has 0 spiro atoms. The summed E-state index contributed by atoms with van der Waals surface area (Å²) < 4.78 is 5.31. The maximum atomic E-state index is 11.6. The molecule has 0 atom stereocenters. The molecular formula is C30H42N2O4. The van der Waals surface area contributed by atoms with Crippen LogP contribution in [0.25, 0.3) is 11.1 Å². The van der Waals surface area contributed by atoms with Crippen LogP contribution < -0.4 is 10.6 Å². The molecule has 0 radical (unpaired) electrons. The quantitative estimate of drug-likeness (QED) is 0.401. The first-order chi connectivity index (χ1) is 17.3. The Hall–Kier alpha value is -2.86. The first-order valence-corrected chi connectivity index (χ1v) is 13.4. The summed E-state index contributed by atoms with van der Waals surface area (Å²) in [7, 11) is 0. The number of benzene rings is 2. The first kappa shape index (κ1) is 27.7. The third kappa shape index (κ3) is 9.30. The Morgan fingerprint density at radius 3 is 1.81 bits per heavy atom. The summed E-state index contributed by atoms with van der Waals surface area (Å²) in [6.45, 7) is 3.04. The molecule has 0 heterocycles. The van der Waals surface area contributed by atoms with Crippen LogP contribution in [-0.2, 0) is 15.1 Å². The van der Waals surface area contributed by atoms with Crippen molar-refractivity contribution in [2.45, 2.75) is 95.7 Å². The fourth-order valence-corrected chi connectivity index (χ4v) is 5.04. The summed E-state index contributed by atoms with van der Waals surface area (Å²) in [5, 5.41) is 14.6. The second kappa shape index (κ2) is 14.0. The van der Waals surface area contributed by atoms with Crippen LogP contribution in [0.1, 0.15) is 83.6 Å². The molecule has 0 aliphatic heterocycles. The van der Waals surface area contributed by atoms with Crippen LogP contribution in [0.2, 0.25) is 0 Å². The Kier molecular flexibility index (Phi) is 10.8. The predicted molar refractivity (Wildman–Crippen MR) is 144 cm³/mol. The van der Waals surface area contributed by atoms with E-state index in [1.165, 1.54) is 64.2 Å². The lowest BCUT2D eigenvalue weighted by atomic mass is 9.91. The van der Waals surface area contributed by atoms with E-state index in [9.17, 15) is 9.59 Å². The third-order valence-electron chi connectivity index (χ3n) is 7.10. The van der Waals surface area contributed by atoms with Gasteiger partial charge in [-0.1, -0.05) is 93.1 Å². The Morgan fingerprint density at radius 1 is 0.806 bits per heavy atom. The van der Waals surface area contributed by atoms with E-state index in [1.54, 1.807) is 13.8 Å². The average Bonchev–Trinajstić information content (AvgIpc) is 2.89. The molecule has 0 aromatic heterocycles. The highest BCUT2D eigenvalue weighted by molar-refractivity contribution is 5.76. The van der Waals surface area contributed by atoms with E-state index in [4.69, 9.17) is 9.84 Å². The standard InChI is InChI=1S/C18H19NO4.C12H23N/c1-18(2,23-17(22)19-12-16(20)21)15-10-8-14(9-11-15)13-6-4-3-5-7-13;1-3-7-11(8-4-1)13-12-9-5-2-6-10-12/h3-11H,12H2,1-2H3,(H,19,22)(H,20,21);11-13H,1-10H2. The predicted octanol–water partition coefficient (Wildman–Crippen LogP) is 6.64. The monoisotopic (exact) mass is 494 g/mol. The number of amides is 1. The van der Waals surface area contributed by atoms with Gasteiger partial charge in [-0.15, -0.1) is 0 Å². The number of aliphatic carboxylic acids is 1. The summed E-state index contributed by atoms with van der Waals surface area (Å²) in [5.74, 6) is -1.12. The van der Waals surface area contributed by atoms with Gasteiger partial charge in [-0.3, -0.25) is 4.79 Å². The van der Waals surface area contributed by atoms with E-state index in [-0.39, 0.29) is 0 Å². The van der Waals surface area contributed by atoms with E-state index in [2.05, 4.69) is 10.6 Å². The highest BCUT2D eigenvalue weighted by atomic mass is 16.6. The number of alkyl carbamates (subject to hydrolysis) is 1. The Morgan fingerprint density at radius 2 is 1.31 bits per heavy atom. The zero-order chi connectivity index (χ0) is 25.8. The van der Waals surface area contributed by atoms with E-state index >= 15 is 0 Å². The topological polar surface area (TPSA) is 87.7 Å². The fraction of sp³-hybridized carbons (Fsp3) is 0.533. The third-order valence-corrected chi connectivity index (χ3v) is 7.10. The number of carboxylic acids is 1. The number of hydrogen-bond acceptors (Lipinski definition) is 4. The van der Waals surface area contributed by atoms with Crippen molar-refractivity contribution in [3.63, 3.8) is 0 Å². The summed E-state index contributed by atoms with van der Waals surface area (Å²) >= 11 is 0. The summed E-state index contributed by atoms with van der Waals surface area (Å²) in [6, 6.07) is 19.4. The van der Waals surface area contributed by atoms with Crippen LogP contribution in [0, 0.1) is 0 Å². The van der Waals surface area contributed by atoms with Gasteiger partial charge in [0.05, 0.1) is 0 Å². The van der Waals surface area contributed by atoms with Gasteiger partial charge in [0.15, 0.2) is 0 Å². The summed E-state index contributed by atoms with van der Waals surface area (Å²) in [4.78, 5) is 22.1. The largest absolute Gasteiger partial charge is 0.480 e. The maximum absolute atomic E-state index is 11.6. The summed E-state index contributed by atoms with van der Waals surface area (Å²) in [6.07, 6.45) is 13.8. The molecule has 0 saturated heterocycles. The molecule has 4 rings (SSSR count). The van der Waals surface area contributed by atoms with Gasteiger partial charge in [-0.05, 0) is 56.2 Å². The average molecular weight is 495 g/mol. The van der Waals surface area contributed by atoms with Crippen molar-refractivity contribution < 1.29 is 19.4 Å². The molecular weight excluding hydrogens is 452 g/mol. The van der Waals surface area contributed by atoms with Crippen molar-refractivity contribution in [1.29, 1.82) is 0 Å². The highest BCUT2D eigenvalue weighted by Crippen LogP contribution is 2.28. The van der Waals surface area contributed by atoms with E-state index < -0.39 is 24.2 Å². The van der Waals surface area contributed by atoms with Gasteiger partial charge in [-0.25, -0.2) is 4.79 Å². The van der Waals surface area contributed by atoms with Gasteiger partial charge < -0.3 is 20.5 Å². The maximum Gasteiger partial charge on any atom is 0.408 e. The van der Waals surface area contributed by atoms with E-state index in [0.29, 0.717) is 0 Å². The number of carboxylic acid groups (broad SMARTS) is 1. The van der Waals surface area contributed by atoms with Crippen LogP contribution in [0.15, 0.2) is 54.6 Å². The molecule has 6 heteroatoms. The van der Waals surface area contributed by atoms with Crippen LogP contribution in [0.4, 0.5) is 4.79 Å². The lowest BCUT2D eigenvalue weighted by molar-refractivity contribution is -0.136. The molecule has 2 saturated carbocycles. The molecule has 196 valence electrons. The molecule has 36 heavy (non-hydrogen) atoms. The van der Waals surface area contributed by atoms with Gasteiger partial charge in [-0.2, -0.15) is 0 Å². The zero-order valence-corrected chi connectivity index (χ0v) is 21.8. The van der Waals surface area contributed by atoms with Gasteiger partial charge in [0, 0.05) is 12.1 Å². The minimum absolute atomic E-state index is 0.470. The minimum atomic E-state index is -1.12. The zero-order valence-electron chi connectivity index (χ0n) is 21.8. The molecule has 2 aliphatic carbocycles. The fourth-order valence-electron chi connectivity index (χ4n) is 5.04. The van der Waals surface area contributed by atoms with Crippen LogP contribution >= 0.6 is 0 Å². The van der Waals surface area contributed by atoms with Gasteiger partial charge in [0.25, 0.3) is 0 Å². The Bertz CT molecular complexity index is 915. The number of nitrogens with one attached hydrogen (secondary N) is 2. The smallest absolute Gasteiger partial charge is 0.408 e. The number of hydrogen-bond donors (Lipinski definition) is 3. The van der Waals surface area contributed by atoms with Crippen molar-refractivity contribution in [1.82, 2.24) is 10.6 Å². The molecule has 2 aliphatic rings. The Balaban J connectivity index is 0.000000233. The van der Waals surface area contributed by atoms with Crippen molar-refractivity contribution in [2.75, 3.05) is 6.54 Å². The van der Waals surface area contributed by atoms with Gasteiger partial charge >= 0.3 is 12.1 Å². The number of carbonyl (C=O) groups excluding carboxylic acids is 1. The molecule has 0 bridgehead atoms. The SMILES string of the molecule is C1CCC(NC2CCCCC2)CC1.CC(C)(OC(=O)NCC(=O)O)c1ccc(-c2ccccc2)cc1. The second-order valence-corrected chi connectivity index (χ2v) is 10.4. The van der Waals surface area contributed by atoms with Crippen molar-refractivity contribution in [3.8, 4) is 11.1 Å². The first-order valence-electron chi connectivity index (χ1n) is 13.4. The van der Waals surface area contributed by atoms with Crippen LogP contribution in [0.3, 0.4) is 0 Å². The Labute approximate surface area is 215 Å². The van der Waals surface area contributed by atoms with E-state index in [1.807, 2.05) is 54.6 Å². The van der Waals surface area contributed by atoms with Crippen LogP contribution in [0.5, 0.6) is 0 Å². The van der Waals surface area contributed by atoms with E-state index in [0.717, 1.165) is 28.8 Å². The molecule has 3 N–H and O–H groups in total. The highest BCUT2D eigenvalue weighted by Gasteiger charge is 2.25. The normalized spacial score (nSPS) is 16.9. The summed E-state index contributed by atoms with van der Waals surface area (Å²) in [5.41, 5.74) is 2.14. The van der Waals surface area contributed by atoms with Gasteiger partial charge in [0.2, 0.25) is 0 Å². The number of ether oxygens (including phenoxy) is 1. The number of rotatable bonds is 7. The second-order valence-electron chi connectivity index (χ2n) is 10.4. The molecule has 6 nitrogen and oxygen atoms in total. The lowest BCUT2D eigenvalue weighted by Crippen LogP contribution is -2.40. The molecule has 2 fully saturated rings. The molecule has 2 aromatic rings. The molecule has 2 aromatic carbocycles. The minimum Gasteiger partial charge on any atom is -0.480 e. The molecule has 1 amide bonds. The van der Waals surface area contributed by atoms with Crippen LogP contribution in [-0.4, -0.2) is 35.8 Å². The van der Waals surface area contributed by atoms with Gasteiger partial charge in [0.1, 0.15) is 12.1 Å². The number of carbonyl (C=O) groups is 2. The van der Waals surface area contributed by atoms with Crippen molar-refractivity contribution in [3.05, 3.63) is 60.2 Å². The molecule has 0 unspecified atom stereocenters. The van der Waals surface area contributed by atoms with Crippen molar-refractivity contribution in [2.24, 2.45) is 0 Å².